The molecule has 0 N–H and O–H groups in total. The number of nitrogens with zero attached hydrogens (tertiary/aromatic N) is 1. The van der Waals surface area contributed by atoms with E-state index in [9.17, 15) is 4.79 Å². The minimum Gasteiger partial charge on any atom is -0.364 e. The van der Waals surface area contributed by atoms with Crippen LogP contribution < -0.4 is 4.90 Å². The molecule has 0 saturated heterocycles. The zero-order valence-corrected chi connectivity index (χ0v) is 15.7. The molecule has 0 aromatic heterocycles. The fraction of sp³-hybridized carbons (Fsp3) is 0.320. The molecule has 2 heteroatoms. The van der Waals surface area contributed by atoms with Gasteiger partial charge in [0.25, 0.3) is 0 Å². The molecule has 0 radical (unpaired) electrons. The second kappa shape index (κ2) is 6.84. The van der Waals surface area contributed by atoms with Crippen molar-refractivity contribution in [3.8, 4) is 0 Å². The van der Waals surface area contributed by atoms with E-state index in [0.717, 1.165) is 43.2 Å². The van der Waals surface area contributed by atoms with Gasteiger partial charge in [0, 0.05) is 17.8 Å². The molecule has 0 amide bonds. The van der Waals surface area contributed by atoms with Gasteiger partial charge < -0.3 is 4.90 Å². The van der Waals surface area contributed by atoms with Crippen LogP contribution in [0.5, 0.6) is 0 Å². The number of benzene rings is 3. The fourth-order valence-electron chi connectivity index (χ4n) is 4.89. The number of hydrogen-bond acceptors (Lipinski definition) is 2. The third-order valence-corrected chi connectivity index (χ3v) is 6.21. The zero-order chi connectivity index (χ0) is 18.2. The van der Waals surface area contributed by atoms with Crippen molar-refractivity contribution in [2.75, 3.05) is 18.0 Å². The van der Waals surface area contributed by atoms with Gasteiger partial charge in [0.2, 0.25) is 0 Å². The van der Waals surface area contributed by atoms with Crippen LogP contribution in [0.2, 0.25) is 0 Å². The Kier molecular flexibility index (Phi) is 4.20. The van der Waals surface area contributed by atoms with Crippen molar-refractivity contribution in [2.45, 2.75) is 38.5 Å². The van der Waals surface area contributed by atoms with Gasteiger partial charge in [-0.2, -0.15) is 0 Å². The van der Waals surface area contributed by atoms with Gasteiger partial charge in [-0.1, -0.05) is 42.5 Å². The summed E-state index contributed by atoms with van der Waals surface area (Å²) in [7, 11) is 0. The Morgan fingerprint density at radius 3 is 2.48 bits per heavy atom. The molecule has 0 spiro atoms. The van der Waals surface area contributed by atoms with Gasteiger partial charge >= 0.3 is 0 Å². The van der Waals surface area contributed by atoms with Crippen LogP contribution in [0.3, 0.4) is 0 Å². The Labute approximate surface area is 160 Å². The van der Waals surface area contributed by atoms with E-state index in [4.69, 9.17) is 0 Å². The standard InChI is InChI=1S/C25H25NO/c27-25(17-26-15-7-10-18-8-2-6-14-24(18)26)23-16-19-9-1-3-11-20(19)21-12-4-5-13-22(21)23/h2,4-6,8,12-14,16H,1,3,7,9-11,15,17H2. The monoisotopic (exact) mass is 355 g/mol. The summed E-state index contributed by atoms with van der Waals surface area (Å²) >= 11 is 0. The van der Waals surface area contributed by atoms with Crippen molar-refractivity contribution in [3.63, 3.8) is 0 Å². The SMILES string of the molecule is O=C(CN1CCCc2ccccc21)c1cc2c(c3ccccc13)CCCC2. The average Bonchev–Trinajstić information content (AvgIpc) is 2.73. The first kappa shape index (κ1) is 16.6. The second-order valence-corrected chi connectivity index (χ2v) is 7.89. The number of hydrogen-bond donors (Lipinski definition) is 0. The summed E-state index contributed by atoms with van der Waals surface area (Å²) in [6.07, 6.45) is 6.97. The van der Waals surface area contributed by atoms with Crippen molar-refractivity contribution < 1.29 is 4.79 Å². The maximum absolute atomic E-state index is 13.4. The Hall–Kier alpha value is -2.61. The van der Waals surface area contributed by atoms with Crippen LogP contribution in [0, 0.1) is 0 Å². The predicted molar refractivity (Wildman–Crippen MR) is 112 cm³/mol. The van der Waals surface area contributed by atoms with Gasteiger partial charge in [-0.3, -0.25) is 4.79 Å². The summed E-state index contributed by atoms with van der Waals surface area (Å²) in [5.41, 5.74) is 6.37. The van der Waals surface area contributed by atoms with Gasteiger partial charge in [0.05, 0.1) is 6.54 Å². The average molecular weight is 355 g/mol. The highest BCUT2D eigenvalue weighted by Crippen LogP contribution is 2.33. The third kappa shape index (κ3) is 2.93. The summed E-state index contributed by atoms with van der Waals surface area (Å²) in [4.78, 5) is 15.7. The highest BCUT2D eigenvalue weighted by Gasteiger charge is 2.22. The van der Waals surface area contributed by atoms with Crippen molar-refractivity contribution in [1.82, 2.24) is 0 Å². The van der Waals surface area contributed by atoms with Crippen LogP contribution in [0.25, 0.3) is 10.8 Å². The Morgan fingerprint density at radius 2 is 1.56 bits per heavy atom. The lowest BCUT2D eigenvalue weighted by Gasteiger charge is -2.31. The van der Waals surface area contributed by atoms with Crippen molar-refractivity contribution in [2.24, 2.45) is 0 Å². The van der Waals surface area contributed by atoms with E-state index in [1.54, 1.807) is 0 Å². The van der Waals surface area contributed by atoms with E-state index in [-0.39, 0.29) is 5.78 Å². The van der Waals surface area contributed by atoms with Crippen LogP contribution in [0.1, 0.15) is 46.3 Å². The third-order valence-electron chi connectivity index (χ3n) is 6.21. The van der Waals surface area contributed by atoms with E-state index in [2.05, 4.69) is 59.5 Å². The first-order valence-corrected chi connectivity index (χ1v) is 10.2. The molecule has 1 heterocycles. The first-order chi connectivity index (χ1) is 13.3. The highest BCUT2D eigenvalue weighted by molar-refractivity contribution is 6.11. The molecule has 27 heavy (non-hydrogen) atoms. The molecule has 1 aliphatic carbocycles. The summed E-state index contributed by atoms with van der Waals surface area (Å²) in [5.74, 6) is 0.247. The molecule has 0 unspecified atom stereocenters. The maximum atomic E-state index is 13.4. The molecule has 0 atom stereocenters. The van der Waals surface area contributed by atoms with Crippen molar-refractivity contribution in [3.05, 3.63) is 76.9 Å². The molecule has 0 saturated carbocycles. The van der Waals surface area contributed by atoms with Crippen LogP contribution in [-0.2, 0) is 19.3 Å². The summed E-state index contributed by atoms with van der Waals surface area (Å²) in [6, 6.07) is 19.2. The second-order valence-electron chi connectivity index (χ2n) is 7.89. The van der Waals surface area contributed by atoms with E-state index in [1.807, 2.05) is 0 Å². The van der Waals surface area contributed by atoms with Crippen LogP contribution in [0.4, 0.5) is 5.69 Å². The quantitative estimate of drug-likeness (QED) is 0.590. The van der Waals surface area contributed by atoms with Gasteiger partial charge in [0.15, 0.2) is 5.78 Å². The number of para-hydroxylation sites is 1. The Bertz CT molecular complexity index is 1020. The Morgan fingerprint density at radius 1 is 0.815 bits per heavy atom. The van der Waals surface area contributed by atoms with E-state index < -0.39 is 0 Å². The topological polar surface area (TPSA) is 20.3 Å². The largest absolute Gasteiger partial charge is 0.364 e. The van der Waals surface area contributed by atoms with Gasteiger partial charge in [-0.05, 0) is 78.1 Å². The molecule has 3 aromatic rings. The predicted octanol–water partition coefficient (Wildman–Crippen LogP) is 5.35. The number of carbonyl (C=O) groups is 1. The number of anilines is 1. The van der Waals surface area contributed by atoms with Gasteiger partial charge in [-0.15, -0.1) is 0 Å². The highest BCUT2D eigenvalue weighted by atomic mass is 16.1. The lowest BCUT2D eigenvalue weighted by atomic mass is 9.85. The molecule has 1 aliphatic heterocycles. The molecule has 5 rings (SSSR count). The van der Waals surface area contributed by atoms with Gasteiger partial charge in [0.1, 0.15) is 0 Å². The first-order valence-electron chi connectivity index (χ1n) is 10.2. The minimum absolute atomic E-state index is 0.247. The molecular weight excluding hydrogens is 330 g/mol. The minimum atomic E-state index is 0.247. The normalized spacial score (nSPS) is 16.1. The van der Waals surface area contributed by atoms with Gasteiger partial charge in [-0.25, -0.2) is 0 Å². The van der Waals surface area contributed by atoms with E-state index in [0.29, 0.717) is 6.54 Å². The molecule has 0 bridgehead atoms. The number of carbonyl (C=O) groups excluding carboxylic acids is 1. The number of Topliss-reactive ketones (excluding diaryl/α,β-unsaturated/α-hetero) is 1. The van der Waals surface area contributed by atoms with Crippen molar-refractivity contribution in [1.29, 1.82) is 0 Å². The molecule has 2 aliphatic rings. The fourth-order valence-corrected chi connectivity index (χ4v) is 4.89. The molecule has 136 valence electrons. The number of rotatable bonds is 3. The lowest BCUT2D eigenvalue weighted by molar-refractivity contribution is 0.1000. The molecule has 2 nitrogen and oxygen atoms in total. The van der Waals surface area contributed by atoms with Crippen LogP contribution in [0.15, 0.2) is 54.6 Å². The zero-order valence-electron chi connectivity index (χ0n) is 15.7. The summed E-state index contributed by atoms with van der Waals surface area (Å²) < 4.78 is 0. The molecular formula is C25H25NO. The lowest BCUT2D eigenvalue weighted by Crippen LogP contribution is -2.34. The number of ketones is 1. The number of aryl methyl sites for hydroxylation is 3. The molecule has 0 fully saturated rings. The molecule has 3 aromatic carbocycles. The van der Waals surface area contributed by atoms with E-state index in [1.165, 1.54) is 40.6 Å². The van der Waals surface area contributed by atoms with Crippen molar-refractivity contribution >= 4 is 22.2 Å². The van der Waals surface area contributed by atoms with Crippen LogP contribution >= 0.6 is 0 Å². The maximum Gasteiger partial charge on any atom is 0.182 e. The Balaban J connectivity index is 1.54. The summed E-state index contributed by atoms with van der Waals surface area (Å²) in [6.45, 7) is 1.44. The number of fused-ring (bicyclic) bond motifs is 4. The van der Waals surface area contributed by atoms with E-state index >= 15 is 0 Å². The van der Waals surface area contributed by atoms with Crippen LogP contribution in [-0.4, -0.2) is 18.9 Å². The summed E-state index contributed by atoms with van der Waals surface area (Å²) in [5, 5.41) is 2.42. The smallest absolute Gasteiger partial charge is 0.182 e.